The van der Waals surface area contributed by atoms with Crippen LogP contribution in [-0.2, 0) is 12.8 Å². The minimum Gasteiger partial charge on any atom is -0.330 e. The molecular formula is C16H25N. The molecule has 2 atom stereocenters. The van der Waals surface area contributed by atoms with Crippen molar-refractivity contribution in [2.75, 3.05) is 6.54 Å². The third-order valence-corrected chi connectivity index (χ3v) is 4.37. The van der Waals surface area contributed by atoms with E-state index in [0.717, 1.165) is 13.0 Å². The molecule has 1 heteroatoms. The van der Waals surface area contributed by atoms with E-state index < -0.39 is 0 Å². The lowest BCUT2D eigenvalue weighted by molar-refractivity contribution is 0.459. The summed E-state index contributed by atoms with van der Waals surface area (Å²) in [6.45, 7) is 5.46. The van der Waals surface area contributed by atoms with Gasteiger partial charge in [0, 0.05) is 0 Å². The van der Waals surface area contributed by atoms with Gasteiger partial charge in [-0.25, -0.2) is 0 Å². The van der Waals surface area contributed by atoms with Crippen molar-refractivity contribution in [1.29, 1.82) is 0 Å². The van der Waals surface area contributed by atoms with E-state index in [1.165, 1.54) is 31.2 Å². The van der Waals surface area contributed by atoms with Gasteiger partial charge in [-0.1, -0.05) is 32.0 Å². The maximum atomic E-state index is 5.66. The molecule has 0 heterocycles. The molecule has 0 aromatic heterocycles. The molecule has 0 saturated carbocycles. The summed E-state index contributed by atoms with van der Waals surface area (Å²) in [5.41, 5.74) is 10.3. The van der Waals surface area contributed by atoms with Gasteiger partial charge in [-0.2, -0.15) is 0 Å². The van der Waals surface area contributed by atoms with Crippen LogP contribution in [0.15, 0.2) is 18.2 Å². The number of rotatable bonds is 4. The third kappa shape index (κ3) is 2.90. The summed E-state index contributed by atoms with van der Waals surface area (Å²) in [5.74, 6) is 1.31. The zero-order chi connectivity index (χ0) is 12.3. The van der Waals surface area contributed by atoms with Crippen LogP contribution in [0.3, 0.4) is 0 Å². The Morgan fingerprint density at radius 2 is 1.82 bits per heavy atom. The Morgan fingerprint density at radius 1 is 1.12 bits per heavy atom. The smallest absolute Gasteiger partial charge is 0.00745 e. The lowest BCUT2D eigenvalue weighted by atomic mass is 9.83. The fourth-order valence-corrected chi connectivity index (χ4v) is 2.88. The molecule has 2 rings (SSSR count). The highest BCUT2D eigenvalue weighted by Crippen LogP contribution is 2.30. The number of nitrogens with two attached hydrogens (primary N) is 1. The van der Waals surface area contributed by atoms with E-state index in [1.54, 1.807) is 11.1 Å². The van der Waals surface area contributed by atoms with Gasteiger partial charge < -0.3 is 5.73 Å². The molecule has 17 heavy (non-hydrogen) atoms. The highest BCUT2D eigenvalue weighted by molar-refractivity contribution is 5.35. The summed E-state index contributed by atoms with van der Waals surface area (Å²) in [6.07, 6.45) is 6.41. The molecule has 1 aliphatic carbocycles. The quantitative estimate of drug-likeness (QED) is 0.841. The van der Waals surface area contributed by atoms with Crippen LogP contribution in [0.4, 0.5) is 0 Å². The first-order valence-electron chi connectivity index (χ1n) is 7.04. The average Bonchev–Trinajstić information content (AvgIpc) is 2.37. The lowest BCUT2D eigenvalue weighted by Gasteiger charge is -2.23. The maximum absolute atomic E-state index is 5.66. The highest BCUT2D eigenvalue weighted by Gasteiger charge is 2.16. The Hall–Kier alpha value is -0.820. The SMILES string of the molecule is CC(CCN)C(C)c1ccc2c(c1)CCCC2. The minimum absolute atomic E-state index is 0.630. The molecule has 1 nitrogen and oxygen atoms in total. The largest absolute Gasteiger partial charge is 0.330 e. The monoisotopic (exact) mass is 231 g/mol. The zero-order valence-electron chi connectivity index (χ0n) is 11.2. The summed E-state index contributed by atoms with van der Waals surface area (Å²) in [4.78, 5) is 0. The van der Waals surface area contributed by atoms with Crippen LogP contribution < -0.4 is 5.73 Å². The van der Waals surface area contributed by atoms with E-state index in [1.807, 2.05) is 0 Å². The number of benzene rings is 1. The zero-order valence-corrected chi connectivity index (χ0v) is 11.2. The molecule has 0 amide bonds. The van der Waals surface area contributed by atoms with Crippen molar-refractivity contribution in [3.8, 4) is 0 Å². The first-order chi connectivity index (χ1) is 8.22. The van der Waals surface area contributed by atoms with Crippen molar-refractivity contribution < 1.29 is 0 Å². The van der Waals surface area contributed by atoms with Gasteiger partial charge in [0.2, 0.25) is 0 Å². The summed E-state index contributed by atoms with van der Waals surface area (Å²) < 4.78 is 0. The fourth-order valence-electron chi connectivity index (χ4n) is 2.88. The van der Waals surface area contributed by atoms with Gasteiger partial charge in [-0.15, -0.1) is 0 Å². The molecule has 0 fully saturated rings. The van der Waals surface area contributed by atoms with Crippen molar-refractivity contribution in [3.05, 3.63) is 34.9 Å². The van der Waals surface area contributed by atoms with Crippen LogP contribution in [0.25, 0.3) is 0 Å². The van der Waals surface area contributed by atoms with Crippen molar-refractivity contribution >= 4 is 0 Å². The van der Waals surface area contributed by atoms with E-state index in [4.69, 9.17) is 5.73 Å². The topological polar surface area (TPSA) is 26.0 Å². The highest BCUT2D eigenvalue weighted by atomic mass is 14.5. The fraction of sp³-hybridized carbons (Fsp3) is 0.625. The number of hydrogen-bond donors (Lipinski definition) is 1. The van der Waals surface area contributed by atoms with Gasteiger partial charge in [0.15, 0.2) is 0 Å². The molecule has 2 unspecified atom stereocenters. The Bertz CT molecular complexity index is 370. The van der Waals surface area contributed by atoms with Gasteiger partial charge in [0.05, 0.1) is 0 Å². The van der Waals surface area contributed by atoms with Crippen LogP contribution >= 0.6 is 0 Å². The summed E-state index contributed by atoms with van der Waals surface area (Å²) in [6, 6.07) is 7.14. The molecule has 0 bridgehead atoms. The normalized spacial score (nSPS) is 18.5. The minimum atomic E-state index is 0.630. The first kappa shape index (κ1) is 12.6. The Balaban J connectivity index is 2.15. The van der Waals surface area contributed by atoms with Crippen molar-refractivity contribution in [3.63, 3.8) is 0 Å². The maximum Gasteiger partial charge on any atom is -0.00745 e. The van der Waals surface area contributed by atoms with Gasteiger partial charge in [0.1, 0.15) is 0 Å². The van der Waals surface area contributed by atoms with Crippen LogP contribution in [0.2, 0.25) is 0 Å². The first-order valence-corrected chi connectivity index (χ1v) is 7.04. The lowest BCUT2D eigenvalue weighted by Crippen LogP contribution is -2.13. The van der Waals surface area contributed by atoms with E-state index in [-0.39, 0.29) is 0 Å². The summed E-state index contributed by atoms with van der Waals surface area (Å²) in [5, 5.41) is 0. The van der Waals surface area contributed by atoms with E-state index in [0.29, 0.717) is 11.8 Å². The number of hydrogen-bond acceptors (Lipinski definition) is 1. The molecule has 0 saturated heterocycles. The van der Waals surface area contributed by atoms with E-state index in [2.05, 4.69) is 32.0 Å². The van der Waals surface area contributed by atoms with Crippen molar-refractivity contribution in [2.45, 2.75) is 51.9 Å². The Kier molecular flexibility index (Phi) is 4.22. The van der Waals surface area contributed by atoms with E-state index in [9.17, 15) is 0 Å². The standard InChI is InChI=1S/C16H25N/c1-12(9-10-17)13(2)15-8-7-14-5-3-4-6-16(14)11-15/h7-8,11-13H,3-6,9-10,17H2,1-2H3. The van der Waals surface area contributed by atoms with E-state index >= 15 is 0 Å². The molecule has 0 spiro atoms. The molecule has 0 radical (unpaired) electrons. The average molecular weight is 231 g/mol. The van der Waals surface area contributed by atoms with Crippen LogP contribution in [0, 0.1) is 5.92 Å². The van der Waals surface area contributed by atoms with Gasteiger partial charge >= 0.3 is 0 Å². The number of aryl methyl sites for hydroxylation is 2. The number of fused-ring (bicyclic) bond motifs is 1. The molecule has 1 aromatic carbocycles. The van der Waals surface area contributed by atoms with Gasteiger partial charge in [-0.05, 0) is 67.2 Å². The second kappa shape index (κ2) is 5.68. The summed E-state index contributed by atoms with van der Waals surface area (Å²) >= 11 is 0. The van der Waals surface area contributed by atoms with Gasteiger partial charge in [-0.3, -0.25) is 0 Å². The predicted octanol–water partition coefficient (Wildman–Crippen LogP) is 3.65. The molecule has 1 aromatic rings. The Morgan fingerprint density at radius 3 is 2.53 bits per heavy atom. The molecule has 2 N–H and O–H groups in total. The molecular weight excluding hydrogens is 206 g/mol. The van der Waals surface area contributed by atoms with Crippen LogP contribution in [-0.4, -0.2) is 6.54 Å². The summed E-state index contributed by atoms with van der Waals surface area (Å²) in [7, 11) is 0. The third-order valence-electron chi connectivity index (χ3n) is 4.37. The molecule has 0 aliphatic heterocycles. The van der Waals surface area contributed by atoms with Crippen molar-refractivity contribution in [1.82, 2.24) is 0 Å². The Labute approximate surface area is 105 Å². The predicted molar refractivity (Wildman–Crippen MR) is 74.3 cm³/mol. The van der Waals surface area contributed by atoms with Gasteiger partial charge in [0.25, 0.3) is 0 Å². The van der Waals surface area contributed by atoms with Crippen LogP contribution in [0.5, 0.6) is 0 Å². The second-order valence-corrected chi connectivity index (χ2v) is 5.58. The molecule has 1 aliphatic rings. The second-order valence-electron chi connectivity index (χ2n) is 5.58. The van der Waals surface area contributed by atoms with Crippen LogP contribution in [0.1, 0.15) is 55.7 Å². The molecule has 94 valence electrons. The van der Waals surface area contributed by atoms with Crippen molar-refractivity contribution in [2.24, 2.45) is 11.7 Å².